The number of hydrogen-bond acceptors (Lipinski definition) is 4. The molecule has 1 atom stereocenters. The van der Waals surface area contributed by atoms with Crippen molar-refractivity contribution < 1.29 is 9.90 Å². The lowest BCUT2D eigenvalue weighted by atomic mass is 10.2. The van der Waals surface area contributed by atoms with Gasteiger partial charge in [-0.3, -0.25) is 4.79 Å². The summed E-state index contributed by atoms with van der Waals surface area (Å²) < 4.78 is 0.516. The van der Waals surface area contributed by atoms with Crippen LogP contribution >= 0.6 is 36.6 Å². The quantitative estimate of drug-likeness (QED) is 0.517. The molecule has 3 nitrogen and oxygen atoms in total. The Morgan fingerprint density at radius 3 is 2.46 bits per heavy atom. The molecule has 0 aromatic heterocycles. The summed E-state index contributed by atoms with van der Waals surface area (Å²) in [5, 5.41) is 8.36. The van der Waals surface area contributed by atoms with Crippen LogP contribution in [0.1, 0.15) is 20.3 Å². The summed E-state index contributed by atoms with van der Waals surface area (Å²) in [4.78, 5) is 10.2. The van der Waals surface area contributed by atoms with Crippen LogP contribution in [0.15, 0.2) is 0 Å². The third-order valence-electron chi connectivity index (χ3n) is 0.972. The Bertz CT molecular complexity index is 164. The minimum Gasteiger partial charge on any atom is -0.480 e. The molecule has 6 heteroatoms. The lowest BCUT2D eigenvalue weighted by molar-refractivity contribution is -0.138. The minimum atomic E-state index is -0.976. The predicted molar refractivity (Wildman–Crippen MR) is 65.6 cm³/mol. The molecule has 0 bridgehead atoms. The summed E-state index contributed by atoms with van der Waals surface area (Å²) >= 11 is 9.84. The highest BCUT2D eigenvalue weighted by Crippen LogP contribution is 2.09. The van der Waals surface area contributed by atoms with Gasteiger partial charge in [0, 0.05) is 5.75 Å². The zero-order valence-electron chi connectivity index (χ0n) is 7.69. The van der Waals surface area contributed by atoms with E-state index in [9.17, 15) is 4.79 Å². The fourth-order valence-corrected chi connectivity index (χ4v) is 1.47. The fraction of sp³-hybridized carbons (Fsp3) is 0.714. The molecule has 0 fully saturated rings. The number of aliphatic carboxylic acids is 1. The van der Waals surface area contributed by atoms with Crippen LogP contribution in [0.5, 0.6) is 0 Å². The first-order chi connectivity index (χ1) is 6.04. The summed E-state index contributed by atoms with van der Waals surface area (Å²) in [6.45, 7) is 4.00. The van der Waals surface area contributed by atoms with Crippen LogP contribution in [0.25, 0.3) is 0 Å². The van der Waals surface area contributed by atoms with Crippen LogP contribution in [-0.4, -0.2) is 26.4 Å². The number of carbonyl (C=O) groups is 1. The van der Waals surface area contributed by atoms with Crippen LogP contribution in [0.4, 0.5) is 0 Å². The Labute approximate surface area is 93.9 Å². The molecular weight excluding hydrogens is 226 g/mol. The largest absolute Gasteiger partial charge is 0.480 e. The molecule has 0 spiro atoms. The first-order valence-corrected chi connectivity index (χ1v) is 5.72. The maximum absolute atomic E-state index is 10.2. The minimum absolute atomic E-state index is 0.417. The summed E-state index contributed by atoms with van der Waals surface area (Å²) in [7, 11) is 0. The third kappa shape index (κ3) is 12.2. The van der Waals surface area contributed by atoms with Gasteiger partial charge >= 0.3 is 5.97 Å². The molecule has 0 aromatic carbocycles. The van der Waals surface area contributed by atoms with Crippen LogP contribution in [0.3, 0.4) is 0 Å². The first kappa shape index (κ1) is 15.7. The number of hydrogen-bond donors (Lipinski definition) is 3. The van der Waals surface area contributed by atoms with Crippen molar-refractivity contribution in [3.63, 3.8) is 0 Å². The number of rotatable bonds is 4. The second-order valence-corrected chi connectivity index (χ2v) is 4.67. The van der Waals surface area contributed by atoms with E-state index in [0.717, 1.165) is 0 Å². The average molecular weight is 241 g/mol. The molecule has 0 radical (unpaired) electrons. The van der Waals surface area contributed by atoms with Crippen molar-refractivity contribution in [2.45, 2.75) is 26.3 Å². The van der Waals surface area contributed by atoms with E-state index in [4.69, 9.17) is 10.8 Å². The molecule has 1 unspecified atom stereocenters. The van der Waals surface area contributed by atoms with Gasteiger partial charge in [-0.05, 0) is 6.42 Å². The SMILES string of the molecule is CC.NC(CCSC(=S)S)C(=O)O. The molecule has 0 aliphatic heterocycles. The summed E-state index contributed by atoms with van der Waals surface area (Å²) in [6, 6.07) is -0.787. The van der Waals surface area contributed by atoms with Gasteiger partial charge in [-0.25, -0.2) is 0 Å². The van der Waals surface area contributed by atoms with Crippen molar-refractivity contribution in [3.05, 3.63) is 0 Å². The maximum Gasteiger partial charge on any atom is 0.320 e. The molecule has 0 amide bonds. The van der Waals surface area contributed by atoms with Gasteiger partial charge in [-0.2, -0.15) is 0 Å². The van der Waals surface area contributed by atoms with Crippen molar-refractivity contribution in [1.29, 1.82) is 0 Å². The fourth-order valence-electron chi connectivity index (χ4n) is 0.397. The number of thiol groups is 1. The Morgan fingerprint density at radius 2 is 2.15 bits per heavy atom. The molecular formula is C7H15NO2S3. The normalized spacial score (nSPS) is 11.1. The van der Waals surface area contributed by atoms with Gasteiger partial charge in [0.25, 0.3) is 0 Å². The molecule has 0 aromatic rings. The standard InChI is InChI=1S/C5H9NO2S3.C2H6/c6-3(4(7)8)1-2-11-5(9)10;1-2/h3H,1-2,6H2,(H,7,8)(H,9,10);1-2H3. The topological polar surface area (TPSA) is 63.3 Å². The maximum atomic E-state index is 10.2. The molecule has 0 saturated carbocycles. The van der Waals surface area contributed by atoms with Crippen molar-refractivity contribution in [3.8, 4) is 0 Å². The van der Waals surface area contributed by atoms with Gasteiger partial charge in [0.15, 0.2) is 0 Å². The highest BCUT2D eigenvalue weighted by molar-refractivity contribution is 8.41. The smallest absolute Gasteiger partial charge is 0.320 e. The lowest BCUT2D eigenvalue weighted by Gasteiger charge is -2.03. The summed E-state index contributed by atoms with van der Waals surface area (Å²) in [5.41, 5.74) is 5.22. The number of thioether (sulfide) groups is 1. The van der Waals surface area contributed by atoms with Crippen molar-refractivity contribution in [1.82, 2.24) is 0 Å². The molecule has 0 rings (SSSR count). The highest BCUT2D eigenvalue weighted by atomic mass is 32.2. The Balaban J connectivity index is 0. The van der Waals surface area contributed by atoms with E-state index < -0.39 is 12.0 Å². The molecule has 0 aliphatic rings. The van der Waals surface area contributed by atoms with Crippen LogP contribution in [-0.2, 0) is 4.79 Å². The molecule has 78 valence electrons. The number of carboxylic acids is 1. The van der Waals surface area contributed by atoms with Gasteiger partial charge in [-0.1, -0.05) is 26.1 Å². The van der Waals surface area contributed by atoms with E-state index in [1.54, 1.807) is 0 Å². The second kappa shape index (κ2) is 10.3. The monoisotopic (exact) mass is 241 g/mol. The van der Waals surface area contributed by atoms with Gasteiger partial charge < -0.3 is 10.8 Å². The molecule has 3 N–H and O–H groups in total. The van der Waals surface area contributed by atoms with Gasteiger partial charge in [0.1, 0.15) is 9.57 Å². The lowest BCUT2D eigenvalue weighted by Crippen LogP contribution is -2.30. The van der Waals surface area contributed by atoms with Gasteiger partial charge in [-0.15, -0.1) is 24.4 Å². The van der Waals surface area contributed by atoms with E-state index >= 15 is 0 Å². The van der Waals surface area contributed by atoms with Crippen molar-refractivity contribution in [2.24, 2.45) is 5.73 Å². The predicted octanol–water partition coefficient (Wildman–Crippen LogP) is 1.76. The molecule has 0 aliphatic carbocycles. The van der Waals surface area contributed by atoms with Crippen molar-refractivity contribution in [2.75, 3.05) is 5.75 Å². The summed E-state index contributed by atoms with van der Waals surface area (Å²) in [5.74, 6) is -0.369. The van der Waals surface area contributed by atoms with E-state index in [-0.39, 0.29) is 0 Å². The van der Waals surface area contributed by atoms with Gasteiger partial charge in [0.2, 0.25) is 0 Å². The van der Waals surface area contributed by atoms with E-state index in [1.807, 2.05) is 13.8 Å². The summed E-state index contributed by atoms with van der Waals surface area (Å²) in [6.07, 6.45) is 0.417. The molecule has 0 saturated heterocycles. The molecule has 13 heavy (non-hydrogen) atoms. The number of nitrogens with two attached hydrogens (primary N) is 1. The van der Waals surface area contributed by atoms with E-state index in [2.05, 4.69) is 24.8 Å². The highest BCUT2D eigenvalue weighted by Gasteiger charge is 2.10. The van der Waals surface area contributed by atoms with Crippen LogP contribution in [0.2, 0.25) is 0 Å². The van der Waals surface area contributed by atoms with E-state index in [0.29, 0.717) is 15.7 Å². The zero-order chi connectivity index (χ0) is 10.9. The average Bonchev–Trinajstić information content (AvgIpc) is 2.07. The Morgan fingerprint density at radius 1 is 1.69 bits per heavy atom. The van der Waals surface area contributed by atoms with Crippen LogP contribution < -0.4 is 5.73 Å². The third-order valence-corrected chi connectivity index (χ3v) is 2.40. The number of carboxylic acid groups (broad SMARTS) is 1. The second-order valence-electron chi connectivity index (χ2n) is 1.85. The van der Waals surface area contributed by atoms with E-state index in [1.165, 1.54) is 11.8 Å². The molecule has 0 heterocycles. The Hall–Kier alpha value is 0.220. The van der Waals surface area contributed by atoms with Crippen molar-refractivity contribution >= 4 is 46.1 Å². The van der Waals surface area contributed by atoms with Crippen LogP contribution in [0, 0.1) is 0 Å². The zero-order valence-corrected chi connectivity index (χ0v) is 10.2. The van der Waals surface area contributed by atoms with Gasteiger partial charge in [0.05, 0.1) is 0 Å². The Kier molecular flexibility index (Phi) is 12.4. The number of thiocarbonyl (C=S) groups is 1. The first-order valence-electron chi connectivity index (χ1n) is 3.88.